The van der Waals surface area contributed by atoms with Crippen LogP contribution in [0.5, 0.6) is 0 Å². The van der Waals surface area contributed by atoms with E-state index in [1.165, 1.54) is 25.7 Å². The zero-order valence-electron chi connectivity index (χ0n) is 13.6. The Bertz CT molecular complexity index is 243. The molecule has 0 aliphatic heterocycles. The van der Waals surface area contributed by atoms with Gasteiger partial charge in [0.25, 0.3) is 0 Å². The van der Waals surface area contributed by atoms with Crippen LogP contribution in [0, 0.1) is 5.41 Å². The smallest absolute Gasteiger partial charge is 0.0585 e. The van der Waals surface area contributed by atoms with Crippen LogP contribution in [0.3, 0.4) is 0 Å². The zero-order chi connectivity index (χ0) is 14.5. The highest BCUT2D eigenvalue weighted by molar-refractivity contribution is 4.83. The fourth-order valence-electron chi connectivity index (χ4n) is 3.07. The first-order valence-electron chi connectivity index (χ1n) is 7.91. The van der Waals surface area contributed by atoms with Gasteiger partial charge in [0.05, 0.1) is 6.61 Å². The summed E-state index contributed by atoms with van der Waals surface area (Å²) >= 11 is 0. The van der Waals surface area contributed by atoms with Crippen LogP contribution in [0.25, 0.3) is 0 Å². The maximum atomic E-state index is 9.39. The summed E-state index contributed by atoms with van der Waals surface area (Å²) in [6.07, 6.45) is 6.37. The summed E-state index contributed by atoms with van der Waals surface area (Å²) in [4.78, 5) is 2.50. The van der Waals surface area contributed by atoms with Gasteiger partial charge in [0.15, 0.2) is 0 Å². The Morgan fingerprint density at radius 3 is 2.32 bits per heavy atom. The van der Waals surface area contributed by atoms with Crippen molar-refractivity contribution >= 4 is 0 Å². The van der Waals surface area contributed by atoms with Crippen molar-refractivity contribution in [3.05, 3.63) is 0 Å². The predicted octanol–water partition coefficient (Wildman–Crippen LogP) is 2.64. The SMILES string of the molecule is CC(C)NC(CO)CCN(C)C1CCC(C)(C)CC1. The lowest BCUT2D eigenvalue weighted by Gasteiger charge is -2.39. The van der Waals surface area contributed by atoms with Gasteiger partial charge in [-0.05, 0) is 51.1 Å². The molecule has 0 bridgehead atoms. The van der Waals surface area contributed by atoms with Gasteiger partial charge in [-0.2, -0.15) is 0 Å². The van der Waals surface area contributed by atoms with E-state index in [4.69, 9.17) is 0 Å². The summed E-state index contributed by atoms with van der Waals surface area (Å²) in [7, 11) is 2.24. The van der Waals surface area contributed by atoms with Crippen LogP contribution in [0.1, 0.15) is 59.8 Å². The van der Waals surface area contributed by atoms with E-state index in [0.717, 1.165) is 19.0 Å². The molecule has 0 heterocycles. The topological polar surface area (TPSA) is 35.5 Å². The monoisotopic (exact) mass is 270 g/mol. The minimum absolute atomic E-state index is 0.238. The third kappa shape index (κ3) is 6.24. The quantitative estimate of drug-likeness (QED) is 0.746. The third-order valence-electron chi connectivity index (χ3n) is 4.55. The van der Waals surface area contributed by atoms with Gasteiger partial charge in [-0.1, -0.05) is 27.7 Å². The molecule has 1 aliphatic carbocycles. The molecule has 0 saturated heterocycles. The number of aliphatic hydroxyl groups excluding tert-OH is 1. The molecular formula is C16H34N2O. The molecule has 114 valence electrons. The zero-order valence-corrected chi connectivity index (χ0v) is 13.6. The molecule has 1 unspecified atom stereocenters. The molecule has 3 heteroatoms. The molecule has 19 heavy (non-hydrogen) atoms. The van der Waals surface area contributed by atoms with E-state index in [1.807, 2.05) is 0 Å². The standard InChI is InChI=1S/C16H34N2O/c1-13(2)17-14(12-19)8-11-18(5)15-6-9-16(3,4)10-7-15/h13-15,17,19H,6-12H2,1-5H3. The van der Waals surface area contributed by atoms with Gasteiger partial charge in [-0.25, -0.2) is 0 Å². The number of nitrogens with zero attached hydrogens (tertiary/aromatic N) is 1. The van der Waals surface area contributed by atoms with Gasteiger partial charge in [0.2, 0.25) is 0 Å². The highest BCUT2D eigenvalue weighted by atomic mass is 16.3. The Labute approximate surface area is 119 Å². The summed E-state index contributed by atoms with van der Waals surface area (Å²) in [6, 6.07) is 1.42. The van der Waals surface area contributed by atoms with Gasteiger partial charge in [0.1, 0.15) is 0 Å². The molecule has 2 N–H and O–H groups in total. The first-order chi connectivity index (χ1) is 8.84. The number of hydrogen-bond donors (Lipinski definition) is 2. The van der Waals surface area contributed by atoms with Crippen molar-refractivity contribution in [3.8, 4) is 0 Å². The molecule has 1 aliphatic rings. The van der Waals surface area contributed by atoms with E-state index in [1.54, 1.807) is 0 Å². The minimum atomic E-state index is 0.238. The second-order valence-electron chi connectivity index (χ2n) is 7.37. The molecule has 0 amide bonds. The molecular weight excluding hydrogens is 236 g/mol. The van der Waals surface area contributed by atoms with Crippen LogP contribution in [-0.4, -0.2) is 48.3 Å². The van der Waals surface area contributed by atoms with Crippen molar-refractivity contribution in [2.45, 2.75) is 77.9 Å². The molecule has 0 aromatic rings. The van der Waals surface area contributed by atoms with Crippen LogP contribution in [0.2, 0.25) is 0 Å². The summed E-state index contributed by atoms with van der Waals surface area (Å²) in [5, 5.41) is 12.8. The van der Waals surface area contributed by atoms with Crippen molar-refractivity contribution < 1.29 is 5.11 Å². The Kier molecular flexibility index (Phi) is 6.78. The van der Waals surface area contributed by atoms with E-state index in [9.17, 15) is 5.11 Å². The summed E-state index contributed by atoms with van der Waals surface area (Å²) in [6.45, 7) is 10.4. The van der Waals surface area contributed by atoms with Crippen LogP contribution < -0.4 is 5.32 Å². The molecule has 0 aromatic carbocycles. The van der Waals surface area contributed by atoms with Crippen molar-refractivity contribution in [1.82, 2.24) is 10.2 Å². The maximum absolute atomic E-state index is 9.39. The highest BCUT2D eigenvalue weighted by Gasteiger charge is 2.28. The predicted molar refractivity (Wildman–Crippen MR) is 82.4 cm³/mol. The van der Waals surface area contributed by atoms with Crippen LogP contribution in [-0.2, 0) is 0 Å². The minimum Gasteiger partial charge on any atom is -0.395 e. The molecule has 1 rings (SSSR count). The van der Waals surface area contributed by atoms with Crippen LogP contribution in [0.15, 0.2) is 0 Å². The van der Waals surface area contributed by atoms with E-state index in [2.05, 4.69) is 45.0 Å². The molecule has 0 radical (unpaired) electrons. The van der Waals surface area contributed by atoms with Crippen LogP contribution >= 0.6 is 0 Å². The van der Waals surface area contributed by atoms with Gasteiger partial charge < -0.3 is 15.3 Å². The Morgan fingerprint density at radius 2 is 1.84 bits per heavy atom. The summed E-state index contributed by atoms with van der Waals surface area (Å²) < 4.78 is 0. The van der Waals surface area contributed by atoms with E-state index in [0.29, 0.717) is 11.5 Å². The lowest BCUT2D eigenvalue weighted by molar-refractivity contribution is 0.119. The number of aliphatic hydroxyl groups is 1. The molecule has 1 fully saturated rings. The van der Waals surface area contributed by atoms with Crippen molar-refractivity contribution in [2.75, 3.05) is 20.2 Å². The highest BCUT2D eigenvalue weighted by Crippen LogP contribution is 2.36. The van der Waals surface area contributed by atoms with E-state index in [-0.39, 0.29) is 12.6 Å². The normalized spacial score (nSPS) is 22.1. The first kappa shape index (κ1) is 16.9. The Morgan fingerprint density at radius 1 is 1.26 bits per heavy atom. The third-order valence-corrected chi connectivity index (χ3v) is 4.55. The number of hydrogen-bond acceptors (Lipinski definition) is 3. The molecule has 1 saturated carbocycles. The molecule has 0 spiro atoms. The fraction of sp³-hybridized carbons (Fsp3) is 1.00. The Balaban J connectivity index is 2.29. The van der Waals surface area contributed by atoms with Crippen LogP contribution in [0.4, 0.5) is 0 Å². The van der Waals surface area contributed by atoms with Crippen molar-refractivity contribution in [1.29, 1.82) is 0 Å². The maximum Gasteiger partial charge on any atom is 0.0585 e. The largest absolute Gasteiger partial charge is 0.395 e. The van der Waals surface area contributed by atoms with E-state index < -0.39 is 0 Å². The van der Waals surface area contributed by atoms with Crippen molar-refractivity contribution in [2.24, 2.45) is 5.41 Å². The number of nitrogens with one attached hydrogen (secondary N) is 1. The average molecular weight is 270 g/mol. The van der Waals surface area contributed by atoms with Gasteiger partial charge >= 0.3 is 0 Å². The van der Waals surface area contributed by atoms with Gasteiger partial charge in [0, 0.05) is 18.1 Å². The number of rotatable bonds is 7. The second kappa shape index (κ2) is 7.61. The Hall–Kier alpha value is -0.120. The molecule has 0 aromatic heterocycles. The average Bonchev–Trinajstić information content (AvgIpc) is 2.33. The van der Waals surface area contributed by atoms with Gasteiger partial charge in [-0.3, -0.25) is 0 Å². The fourth-order valence-corrected chi connectivity index (χ4v) is 3.07. The lowest BCUT2D eigenvalue weighted by Crippen LogP contribution is -2.42. The summed E-state index contributed by atoms with van der Waals surface area (Å²) in [5.74, 6) is 0. The molecule has 1 atom stereocenters. The lowest BCUT2D eigenvalue weighted by atomic mass is 9.75. The second-order valence-corrected chi connectivity index (χ2v) is 7.37. The summed E-state index contributed by atoms with van der Waals surface area (Å²) in [5.41, 5.74) is 0.546. The molecule has 3 nitrogen and oxygen atoms in total. The van der Waals surface area contributed by atoms with Gasteiger partial charge in [-0.15, -0.1) is 0 Å². The first-order valence-corrected chi connectivity index (χ1v) is 7.91. The van der Waals surface area contributed by atoms with E-state index >= 15 is 0 Å². The van der Waals surface area contributed by atoms with Crippen molar-refractivity contribution in [3.63, 3.8) is 0 Å².